The van der Waals surface area contributed by atoms with E-state index in [1.807, 2.05) is 12.2 Å². The molecule has 0 aromatic heterocycles. The van der Waals surface area contributed by atoms with Crippen LogP contribution in [0.4, 0.5) is 13.6 Å². The Balaban J connectivity index is 1.47. The van der Waals surface area contributed by atoms with Gasteiger partial charge in [-0.2, -0.15) is 8.78 Å². The van der Waals surface area contributed by atoms with E-state index in [1.165, 1.54) is 12.1 Å². The second kappa shape index (κ2) is 9.92. The number of nitrogens with zero attached hydrogens (tertiary/aromatic N) is 1. The molecule has 1 aromatic carbocycles. The highest BCUT2D eigenvalue weighted by molar-refractivity contribution is 6.09. The molecule has 0 unspecified atom stereocenters. The van der Waals surface area contributed by atoms with Crippen LogP contribution in [0.15, 0.2) is 24.3 Å². The second-order valence-electron chi connectivity index (χ2n) is 7.88. The van der Waals surface area contributed by atoms with Crippen molar-refractivity contribution in [2.75, 3.05) is 13.2 Å². The highest BCUT2D eigenvalue weighted by Crippen LogP contribution is 2.38. The van der Waals surface area contributed by atoms with Crippen LogP contribution in [0, 0.1) is 5.92 Å². The van der Waals surface area contributed by atoms with Crippen LogP contribution in [0.5, 0.6) is 5.75 Å². The van der Waals surface area contributed by atoms with Gasteiger partial charge in [0.1, 0.15) is 17.8 Å². The summed E-state index contributed by atoms with van der Waals surface area (Å²) in [4.78, 5) is 61.9. The molecular formula is C21H23F2N3O7. The molecule has 2 aliphatic rings. The first-order valence-electron chi connectivity index (χ1n) is 10.3. The van der Waals surface area contributed by atoms with E-state index in [-0.39, 0.29) is 17.2 Å². The van der Waals surface area contributed by atoms with Crippen molar-refractivity contribution < 1.29 is 42.2 Å². The molecule has 1 heterocycles. The summed E-state index contributed by atoms with van der Waals surface area (Å²) >= 11 is 0. The number of rotatable bonds is 7. The van der Waals surface area contributed by atoms with Crippen molar-refractivity contribution in [2.45, 2.75) is 44.8 Å². The molecule has 1 aliphatic heterocycles. The Morgan fingerprint density at radius 1 is 1.21 bits per heavy atom. The Bertz CT molecular complexity index is 954. The van der Waals surface area contributed by atoms with E-state index in [4.69, 9.17) is 4.74 Å². The Labute approximate surface area is 187 Å². The highest BCUT2D eigenvalue weighted by Gasteiger charge is 2.55. The van der Waals surface area contributed by atoms with Crippen LogP contribution < -0.4 is 15.4 Å². The molecule has 10 nitrogen and oxygen atoms in total. The Morgan fingerprint density at radius 2 is 1.91 bits per heavy atom. The first kappa shape index (κ1) is 24.1. The summed E-state index contributed by atoms with van der Waals surface area (Å²) in [6, 6.07) is 3.91. The van der Waals surface area contributed by atoms with Crippen LogP contribution in [0.2, 0.25) is 0 Å². The van der Waals surface area contributed by atoms with Crippen LogP contribution in [-0.4, -0.2) is 59.9 Å². The summed E-state index contributed by atoms with van der Waals surface area (Å²) in [5.74, 6) is -3.51. The number of esters is 1. The minimum atomic E-state index is -3.01. The topological polar surface area (TPSA) is 131 Å². The van der Waals surface area contributed by atoms with Gasteiger partial charge in [0.05, 0.1) is 0 Å². The average Bonchev–Trinajstić information content (AvgIpc) is 2.99. The quantitative estimate of drug-likeness (QED) is 0.460. The zero-order valence-electron chi connectivity index (χ0n) is 17.8. The molecule has 1 saturated heterocycles. The van der Waals surface area contributed by atoms with Crippen molar-refractivity contribution in [1.82, 2.24) is 15.5 Å². The van der Waals surface area contributed by atoms with E-state index in [1.54, 1.807) is 0 Å². The third-order valence-corrected chi connectivity index (χ3v) is 5.75. The molecule has 0 radical (unpaired) electrons. The lowest BCUT2D eigenvalue weighted by atomic mass is 9.73. The number of nitrogens with one attached hydrogen (secondary N) is 2. The van der Waals surface area contributed by atoms with Gasteiger partial charge in [-0.15, -0.1) is 0 Å². The van der Waals surface area contributed by atoms with Gasteiger partial charge in [0.25, 0.3) is 17.7 Å². The van der Waals surface area contributed by atoms with Gasteiger partial charge in [0, 0.05) is 5.56 Å². The Kier molecular flexibility index (Phi) is 7.24. The van der Waals surface area contributed by atoms with Crippen molar-refractivity contribution in [2.24, 2.45) is 5.92 Å². The third kappa shape index (κ3) is 5.44. The molecule has 1 aliphatic carbocycles. The zero-order valence-corrected chi connectivity index (χ0v) is 17.8. The van der Waals surface area contributed by atoms with Crippen molar-refractivity contribution in [3.05, 3.63) is 29.8 Å². The summed E-state index contributed by atoms with van der Waals surface area (Å²) < 4.78 is 33.2. The Morgan fingerprint density at radius 3 is 2.55 bits per heavy atom. The van der Waals surface area contributed by atoms with Gasteiger partial charge >= 0.3 is 18.6 Å². The van der Waals surface area contributed by atoms with E-state index in [9.17, 15) is 32.8 Å². The van der Waals surface area contributed by atoms with E-state index >= 15 is 0 Å². The first-order valence-corrected chi connectivity index (χ1v) is 10.3. The fraction of sp³-hybridized carbons (Fsp3) is 0.476. The smallest absolute Gasteiger partial charge is 0.387 e. The number of benzene rings is 1. The number of alkyl halides is 2. The molecule has 1 aromatic rings. The largest absolute Gasteiger partial charge is 0.454 e. The van der Waals surface area contributed by atoms with Gasteiger partial charge in [-0.25, -0.2) is 4.79 Å². The number of carbonyl (C=O) groups excluding carboxylic acids is 5. The number of hydrogen-bond donors (Lipinski definition) is 2. The average molecular weight is 467 g/mol. The number of imide groups is 2. The maximum Gasteiger partial charge on any atom is 0.387 e. The van der Waals surface area contributed by atoms with Crippen LogP contribution in [0.1, 0.15) is 43.0 Å². The van der Waals surface area contributed by atoms with Gasteiger partial charge in [0.15, 0.2) is 6.61 Å². The predicted molar refractivity (Wildman–Crippen MR) is 107 cm³/mol. The first-order chi connectivity index (χ1) is 15.6. The number of halogens is 2. The van der Waals surface area contributed by atoms with Crippen LogP contribution in [-0.2, 0) is 19.1 Å². The molecule has 1 saturated carbocycles. The molecule has 2 atom stereocenters. The summed E-state index contributed by atoms with van der Waals surface area (Å²) in [5.41, 5.74) is -1.03. The van der Waals surface area contributed by atoms with Crippen molar-refractivity contribution in [3.63, 3.8) is 0 Å². The standard InChI is InChI=1S/C21H23F2N3O7/c1-12-4-2-3-9-21(12)18(30)26(20(31)25-21)10-16(28)32-11-15(27)24-17(29)13-5-7-14(8-6-13)33-19(22)23/h5-8,12,19H,2-4,9-11H2,1H3,(H,25,31)(H,24,27,29)/t12-,21-/m0/s1. The molecule has 1 spiro atoms. The lowest BCUT2D eigenvalue weighted by Gasteiger charge is -2.36. The normalized spacial score (nSPS) is 22.3. The maximum absolute atomic E-state index is 12.8. The summed E-state index contributed by atoms with van der Waals surface area (Å²) in [6.45, 7) is -2.62. The molecule has 33 heavy (non-hydrogen) atoms. The van der Waals surface area contributed by atoms with Gasteiger partial charge in [-0.1, -0.05) is 19.8 Å². The number of amides is 5. The van der Waals surface area contributed by atoms with Gasteiger partial charge in [-0.05, 0) is 43.0 Å². The lowest BCUT2D eigenvalue weighted by Crippen LogP contribution is -2.54. The Hall–Kier alpha value is -3.57. The molecular weight excluding hydrogens is 444 g/mol. The maximum atomic E-state index is 12.8. The molecule has 178 valence electrons. The fourth-order valence-electron chi connectivity index (χ4n) is 3.98. The van der Waals surface area contributed by atoms with Crippen molar-refractivity contribution >= 4 is 29.7 Å². The van der Waals surface area contributed by atoms with Gasteiger partial charge in [-0.3, -0.25) is 29.4 Å². The SMILES string of the molecule is C[C@H]1CCCC[C@]12NC(=O)N(CC(=O)OCC(=O)NC(=O)c1ccc(OC(F)F)cc1)C2=O. The number of urea groups is 1. The van der Waals surface area contributed by atoms with Gasteiger partial charge < -0.3 is 14.8 Å². The van der Waals surface area contributed by atoms with E-state index < -0.39 is 55.0 Å². The van der Waals surface area contributed by atoms with Gasteiger partial charge in [0.2, 0.25) is 0 Å². The number of hydrogen-bond acceptors (Lipinski definition) is 7. The molecule has 3 rings (SSSR count). The highest BCUT2D eigenvalue weighted by atomic mass is 19.3. The van der Waals surface area contributed by atoms with E-state index in [0.29, 0.717) is 6.42 Å². The molecule has 12 heteroatoms. The third-order valence-electron chi connectivity index (χ3n) is 5.75. The van der Waals surface area contributed by atoms with Crippen LogP contribution in [0.3, 0.4) is 0 Å². The van der Waals surface area contributed by atoms with E-state index in [2.05, 4.69) is 10.1 Å². The van der Waals surface area contributed by atoms with Crippen molar-refractivity contribution in [1.29, 1.82) is 0 Å². The summed E-state index contributed by atoms with van der Waals surface area (Å²) in [7, 11) is 0. The lowest BCUT2D eigenvalue weighted by molar-refractivity contribution is -0.151. The van der Waals surface area contributed by atoms with Crippen LogP contribution >= 0.6 is 0 Å². The predicted octanol–water partition coefficient (Wildman–Crippen LogP) is 1.59. The fourth-order valence-corrected chi connectivity index (χ4v) is 3.98. The van der Waals surface area contributed by atoms with E-state index in [0.717, 1.165) is 36.3 Å². The molecule has 2 fully saturated rings. The second-order valence-corrected chi connectivity index (χ2v) is 7.88. The minimum Gasteiger partial charge on any atom is -0.454 e. The van der Waals surface area contributed by atoms with Crippen LogP contribution in [0.25, 0.3) is 0 Å². The summed E-state index contributed by atoms with van der Waals surface area (Å²) in [5, 5.41) is 4.67. The van der Waals surface area contributed by atoms with Crippen molar-refractivity contribution in [3.8, 4) is 5.75 Å². The molecule has 2 N–H and O–H groups in total. The molecule has 5 amide bonds. The number of carbonyl (C=O) groups is 5. The minimum absolute atomic E-state index is 0.0115. The monoisotopic (exact) mass is 467 g/mol. The zero-order chi connectivity index (χ0) is 24.2. The summed E-state index contributed by atoms with van der Waals surface area (Å²) in [6.07, 6.45) is 3.00. The number of ether oxygens (including phenoxy) is 2. The molecule has 0 bridgehead atoms.